The molecule has 1 aliphatic rings. The van der Waals surface area contributed by atoms with E-state index in [0.29, 0.717) is 13.1 Å². The first-order chi connectivity index (χ1) is 9.18. The highest BCUT2D eigenvalue weighted by molar-refractivity contribution is 5.78. The number of nitrogens with one attached hydrogen (secondary N) is 1. The molecule has 0 aliphatic carbocycles. The summed E-state index contributed by atoms with van der Waals surface area (Å²) in [6, 6.07) is 0. The van der Waals surface area contributed by atoms with Gasteiger partial charge in [0, 0.05) is 25.2 Å². The largest absolute Gasteiger partial charge is 0.361 e. The van der Waals surface area contributed by atoms with Crippen molar-refractivity contribution in [1.29, 1.82) is 0 Å². The van der Waals surface area contributed by atoms with Crippen molar-refractivity contribution in [2.45, 2.75) is 46.1 Å². The Morgan fingerprint density at radius 3 is 2.53 bits per heavy atom. The molecule has 0 unspecified atom stereocenters. The molecule has 0 bridgehead atoms. The summed E-state index contributed by atoms with van der Waals surface area (Å²) in [4.78, 5) is 14.1. The number of hydrogen-bond acceptors (Lipinski definition) is 4. The van der Waals surface area contributed by atoms with E-state index in [2.05, 4.69) is 10.5 Å². The van der Waals surface area contributed by atoms with E-state index in [1.54, 1.807) is 0 Å². The molecular formula is C14H23N3O2. The molecule has 1 saturated heterocycles. The maximum atomic E-state index is 12.1. The molecule has 5 nitrogen and oxygen atoms in total. The molecule has 0 radical (unpaired) electrons. The van der Waals surface area contributed by atoms with Crippen LogP contribution in [0.1, 0.15) is 42.7 Å². The second kappa shape index (κ2) is 6.70. The lowest BCUT2D eigenvalue weighted by atomic mass is 10.2. The van der Waals surface area contributed by atoms with E-state index in [1.807, 2.05) is 18.7 Å². The summed E-state index contributed by atoms with van der Waals surface area (Å²) in [7, 11) is 0. The number of carbonyl (C=O) groups is 1. The zero-order chi connectivity index (χ0) is 13.7. The fourth-order valence-corrected chi connectivity index (χ4v) is 2.48. The second-order valence-electron chi connectivity index (χ2n) is 5.20. The van der Waals surface area contributed by atoms with Crippen molar-refractivity contribution >= 4 is 5.91 Å². The summed E-state index contributed by atoms with van der Waals surface area (Å²) in [6.07, 6.45) is 4.76. The minimum absolute atomic E-state index is 0.202. The maximum absolute atomic E-state index is 12.1. The first-order valence-corrected chi connectivity index (χ1v) is 7.08. The molecule has 1 aromatic rings. The topological polar surface area (TPSA) is 58.4 Å². The highest BCUT2D eigenvalue weighted by atomic mass is 16.5. The van der Waals surface area contributed by atoms with Crippen LogP contribution >= 0.6 is 0 Å². The van der Waals surface area contributed by atoms with Crippen LogP contribution in [0.2, 0.25) is 0 Å². The van der Waals surface area contributed by atoms with Gasteiger partial charge in [-0.2, -0.15) is 0 Å². The Labute approximate surface area is 114 Å². The number of rotatable bonds is 4. The van der Waals surface area contributed by atoms with Gasteiger partial charge in [0.25, 0.3) is 0 Å². The fourth-order valence-electron chi connectivity index (χ4n) is 2.48. The number of aromatic nitrogens is 1. The molecule has 19 heavy (non-hydrogen) atoms. The number of hydrogen-bond donors (Lipinski definition) is 1. The van der Waals surface area contributed by atoms with E-state index < -0.39 is 0 Å². The zero-order valence-corrected chi connectivity index (χ0v) is 11.9. The van der Waals surface area contributed by atoms with Gasteiger partial charge in [-0.05, 0) is 26.7 Å². The highest BCUT2D eigenvalue weighted by Gasteiger charge is 2.15. The molecule has 1 aliphatic heterocycles. The molecule has 1 fully saturated rings. The Morgan fingerprint density at radius 1 is 1.26 bits per heavy atom. The second-order valence-corrected chi connectivity index (χ2v) is 5.20. The zero-order valence-electron chi connectivity index (χ0n) is 11.9. The van der Waals surface area contributed by atoms with Gasteiger partial charge in [0.15, 0.2) is 0 Å². The monoisotopic (exact) mass is 265 g/mol. The SMILES string of the molecule is Cc1noc(C)c1CNCC(=O)N1CCCCCC1. The van der Waals surface area contributed by atoms with E-state index in [4.69, 9.17) is 4.52 Å². The van der Waals surface area contributed by atoms with Gasteiger partial charge >= 0.3 is 0 Å². The van der Waals surface area contributed by atoms with Crippen LogP contribution in [0.5, 0.6) is 0 Å². The number of amides is 1. The summed E-state index contributed by atoms with van der Waals surface area (Å²) in [5.74, 6) is 1.03. The molecule has 2 rings (SSSR count). The number of nitrogens with zero attached hydrogens (tertiary/aromatic N) is 2. The molecule has 5 heteroatoms. The van der Waals surface area contributed by atoms with Crippen LogP contribution in [0.25, 0.3) is 0 Å². The Balaban J connectivity index is 1.77. The van der Waals surface area contributed by atoms with Gasteiger partial charge in [0.2, 0.25) is 5.91 Å². The van der Waals surface area contributed by atoms with Crippen molar-refractivity contribution in [3.8, 4) is 0 Å². The van der Waals surface area contributed by atoms with Crippen LogP contribution in [-0.4, -0.2) is 35.6 Å². The Morgan fingerprint density at radius 2 is 1.95 bits per heavy atom. The van der Waals surface area contributed by atoms with E-state index in [0.717, 1.165) is 42.9 Å². The summed E-state index contributed by atoms with van der Waals surface area (Å²) >= 11 is 0. The first kappa shape index (κ1) is 14.1. The van der Waals surface area contributed by atoms with E-state index in [1.165, 1.54) is 12.8 Å². The quantitative estimate of drug-likeness (QED) is 0.901. The molecule has 0 saturated carbocycles. The third kappa shape index (κ3) is 3.80. The third-order valence-corrected chi connectivity index (χ3v) is 3.72. The maximum Gasteiger partial charge on any atom is 0.236 e. The standard InChI is InChI=1S/C14H23N3O2/c1-11-13(12(2)19-16-11)9-15-10-14(18)17-7-5-3-4-6-8-17/h15H,3-10H2,1-2H3. The van der Waals surface area contributed by atoms with Crippen LogP contribution in [0.15, 0.2) is 4.52 Å². The summed E-state index contributed by atoms with van der Waals surface area (Å²) in [5, 5.41) is 7.10. The van der Waals surface area contributed by atoms with Crippen molar-refractivity contribution in [3.63, 3.8) is 0 Å². The van der Waals surface area contributed by atoms with Crippen molar-refractivity contribution < 1.29 is 9.32 Å². The minimum Gasteiger partial charge on any atom is -0.361 e. The van der Waals surface area contributed by atoms with Crippen LogP contribution in [0.3, 0.4) is 0 Å². The number of carbonyl (C=O) groups excluding carboxylic acids is 1. The first-order valence-electron chi connectivity index (χ1n) is 7.08. The van der Waals surface area contributed by atoms with Crippen molar-refractivity contribution in [1.82, 2.24) is 15.4 Å². The van der Waals surface area contributed by atoms with Crippen molar-refractivity contribution in [3.05, 3.63) is 17.0 Å². The number of likely N-dealkylation sites (tertiary alicyclic amines) is 1. The summed E-state index contributed by atoms with van der Waals surface area (Å²) in [6.45, 7) is 6.67. The summed E-state index contributed by atoms with van der Waals surface area (Å²) in [5.41, 5.74) is 1.95. The molecule has 0 spiro atoms. The Hall–Kier alpha value is -1.36. The molecule has 1 N–H and O–H groups in total. The van der Waals surface area contributed by atoms with E-state index in [-0.39, 0.29) is 5.91 Å². The lowest BCUT2D eigenvalue weighted by molar-refractivity contribution is -0.130. The van der Waals surface area contributed by atoms with Crippen LogP contribution in [-0.2, 0) is 11.3 Å². The van der Waals surface area contributed by atoms with Gasteiger partial charge in [-0.3, -0.25) is 4.79 Å². The molecule has 2 heterocycles. The van der Waals surface area contributed by atoms with Gasteiger partial charge in [0.05, 0.1) is 12.2 Å². The van der Waals surface area contributed by atoms with Crippen molar-refractivity contribution in [2.24, 2.45) is 0 Å². The smallest absolute Gasteiger partial charge is 0.236 e. The predicted molar refractivity (Wildman–Crippen MR) is 72.7 cm³/mol. The average molecular weight is 265 g/mol. The van der Waals surface area contributed by atoms with Gasteiger partial charge in [0.1, 0.15) is 5.76 Å². The van der Waals surface area contributed by atoms with Gasteiger partial charge in [-0.25, -0.2) is 0 Å². The van der Waals surface area contributed by atoms with Crippen LogP contribution < -0.4 is 5.32 Å². The van der Waals surface area contributed by atoms with Crippen molar-refractivity contribution in [2.75, 3.05) is 19.6 Å². The third-order valence-electron chi connectivity index (χ3n) is 3.72. The van der Waals surface area contributed by atoms with Crippen LogP contribution in [0, 0.1) is 13.8 Å². The van der Waals surface area contributed by atoms with Gasteiger partial charge in [-0.1, -0.05) is 18.0 Å². The normalized spacial score (nSPS) is 16.4. The molecule has 1 aromatic heterocycles. The lowest BCUT2D eigenvalue weighted by Gasteiger charge is -2.20. The number of aryl methyl sites for hydroxylation is 2. The minimum atomic E-state index is 0.202. The molecule has 1 amide bonds. The van der Waals surface area contributed by atoms with E-state index >= 15 is 0 Å². The van der Waals surface area contributed by atoms with Gasteiger partial charge < -0.3 is 14.7 Å². The molecule has 0 aromatic carbocycles. The van der Waals surface area contributed by atoms with E-state index in [9.17, 15) is 4.79 Å². The van der Waals surface area contributed by atoms with Gasteiger partial charge in [-0.15, -0.1) is 0 Å². The average Bonchev–Trinajstić information content (AvgIpc) is 2.64. The Kier molecular flexibility index (Phi) is 4.96. The van der Waals surface area contributed by atoms with Crippen LogP contribution in [0.4, 0.5) is 0 Å². The Bertz CT molecular complexity index is 401. The highest BCUT2D eigenvalue weighted by Crippen LogP contribution is 2.12. The lowest BCUT2D eigenvalue weighted by Crippen LogP contribution is -2.38. The fraction of sp³-hybridized carbons (Fsp3) is 0.714. The predicted octanol–water partition coefficient (Wildman–Crippen LogP) is 1.78. The molecule has 0 atom stereocenters. The summed E-state index contributed by atoms with van der Waals surface area (Å²) < 4.78 is 5.10. The molecule has 106 valence electrons. The molecular weight excluding hydrogens is 242 g/mol.